The monoisotopic (exact) mass is 376 g/mol. The van der Waals surface area contributed by atoms with E-state index in [0.717, 1.165) is 4.57 Å². The van der Waals surface area contributed by atoms with Gasteiger partial charge in [0.15, 0.2) is 6.10 Å². The van der Waals surface area contributed by atoms with Crippen LogP contribution in [0.15, 0.2) is 54.6 Å². The fourth-order valence-electron chi connectivity index (χ4n) is 2.71. The van der Waals surface area contributed by atoms with Gasteiger partial charge >= 0.3 is 12.1 Å². The Morgan fingerprint density at radius 3 is 2.37 bits per heavy atom. The molecule has 1 atom stereocenters. The van der Waals surface area contributed by atoms with E-state index in [1.54, 1.807) is 42.5 Å². The van der Waals surface area contributed by atoms with Gasteiger partial charge in [-0.1, -0.05) is 42.5 Å². The zero-order valence-electron chi connectivity index (χ0n) is 14.2. The quantitative estimate of drug-likeness (QED) is 0.501. The summed E-state index contributed by atoms with van der Waals surface area (Å²) in [5, 5.41) is 0. The highest BCUT2D eigenvalue weighted by molar-refractivity contribution is 6.00. The number of Topliss-reactive ketones (excluding diaryl/α,β-unsaturated/α-hetero) is 1. The summed E-state index contributed by atoms with van der Waals surface area (Å²) in [7, 11) is 0. The number of fused-ring (bicyclic) bond motifs is 1. The maximum Gasteiger partial charge on any atom is 0.449 e. The third kappa shape index (κ3) is 3.99. The molecule has 0 fully saturated rings. The summed E-state index contributed by atoms with van der Waals surface area (Å²) in [6, 6.07) is 14.2. The summed E-state index contributed by atoms with van der Waals surface area (Å²) in [5.41, 5.74) is 0.622. The molecule has 0 N–H and O–H groups in total. The number of ether oxygens (including phenoxy) is 1. The van der Waals surface area contributed by atoms with Crippen molar-refractivity contribution in [3.05, 3.63) is 66.0 Å². The van der Waals surface area contributed by atoms with Crippen LogP contribution in [-0.4, -0.2) is 27.4 Å². The zero-order valence-corrected chi connectivity index (χ0v) is 14.2. The van der Waals surface area contributed by atoms with Crippen molar-refractivity contribution < 1.29 is 27.5 Å². The predicted molar refractivity (Wildman–Crippen MR) is 91.1 cm³/mol. The molecule has 0 amide bonds. The van der Waals surface area contributed by atoms with Crippen LogP contribution in [0.3, 0.4) is 0 Å². The van der Waals surface area contributed by atoms with Gasteiger partial charge in [-0.25, -0.2) is 4.98 Å². The Hall–Kier alpha value is -3.16. The SMILES string of the molecule is CC(OC(=O)Cn1c(C(F)(F)F)nc2ccccc21)C(=O)c1ccccc1. The molecule has 0 saturated carbocycles. The van der Waals surface area contributed by atoms with Crippen LogP contribution in [0.25, 0.3) is 11.0 Å². The third-order valence-corrected chi connectivity index (χ3v) is 3.93. The van der Waals surface area contributed by atoms with E-state index >= 15 is 0 Å². The fraction of sp³-hybridized carbons (Fsp3) is 0.211. The van der Waals surface area contributed by atoms with E-state index in [4.69, 9.17) is 4.74 Å². The molecule has 0 spiro atoms. The Labute approximate surface area is 152 Å². The van der Waals surface area contributed by atoms with Gasteiger partial charge in [-0.05, 0) is 19.1 Å². The molecule has 1 unspecified atom stereocenters. The first-order valence-corrected chi connectivity index (χ1v) is 8.08. The highest BCUT2D eigenvalue weighted by atomic mass is 19.4. The van der Waals surface area contributed by atoms with Gasteiger partial charge < -0.3 is 9.30 Å². The van der Waals surface area contributed by atoms with Crippen molar-refractivity contribution in [3.8, 4) is 0 Å². The van der Waals surface area contributed by atoms with Crippen molar-refractivity contribution in [2.24, 2.45) is 0 Å². The number of hydrogen-bond donors (Lipinski definition) is 0. The molecule has 140 valence electrons. The van der Waals surface area contributed by atoms with Crippen LogP contribution in [0, 0.1) is 0 Å². The zero-order chi connectivity index (χ0) is 19.6. The molecule has 27 heavy (non-hydrogen) atoms. The maximum atomic E-state index is 13.3. The number of hydrogen-bond acceptors (Lipinski definition) is 4. The van der Waals surface area contributed by atoms with Crippen LogP contribution < -0.4 is 0 Å². The van der Waals surface area contributed by atoms with E-state index in [1.165, 1.54) is 19.1 Å². The predicted octanol–water partition coefficient (Wildman–Crippen LogP) is 3.87. The number of carbonyl (C=O) groups is 2. The smallest absolute Gasteiger partial charge is 0.449 e. The number of benzene rings is 2. The minimum atomic E-state index is -4.73. The average molecular weight is 376 g/mol. The number of carbonyl (C=O) groups excluding carboxylic acids is 2. The van der Waals surface area contributed by atoms with Crippen molar-refractivity contribution in [1.29, 1.82) is 0 Å². The lowest BCUT2D eigenvalue weighted by atomic mass is 10.1. The van der Waals surface area contributed by atoms with Crippen LogP contribution in [0.5, 0.6) is 0 Å². The molecular weight excluding hydrogens is 361 g/mol. The van der Waals surface area contributed by atoms with E-state index in [9.17, 15) is 22.8 Å². The second-order valence-electron chi connectivity index (χ2n) is 5.87. The van der Waals surface area contributed by atoms with Crippen LogP contribution in [0.4, 0.5) is 13.2 Å². The third-order valence-electron chi connectivity index (χ3n) is 3.93. The molecule has 3 rings (SSSR count). The number of imidazole rings is 1. The first kappa shape index (κ1) is 18.6. The largest absolute Gasteiger partial charge is 0.453 e. The number of rotatable bonds is 5. The van der Waals surface area contributed by atoms with E-state index < -0.39 is 36.4 Å². The molecular formula is C19H15F3N2O3. The number of aromatic nitrogens is 2. The van der Waals surface area contributed by atoms with Crippen molar-refractivity contribution in [2.45, 2.75) is 25.7 Å². The van der Waals surface area contributed by atoms with Gasteiger partial charge in [0.2, 0.25) is 11.6 Å². The summed E-state index contributed by atoms with van der Waals surface area (Å²) in [6.45, 7) is 0.672. The average Bonchev–Trinajstić information content (AvgIpc) is 3.00. The minimum Gasteiger partial charge on any atom is -0.453 e. The van der Waals surface area contributed by atoms with Crippen LogP contribution in [0.2, 0.25) is 0 Å². The van der Waals surface area contributed by atoms with Gasteiger partial charge in [0.05, 0.1) is 11.0 Å². The standard InChI is InChI=1S/C19H15F3N2O3/c1-12(17(26)13-7-3-2-4-8-13)27-16(25)11-24-15-10-6-5-9-14(15)23-18(24)19(20,21)22/h2-10,12H,11H2,1H3. The topological polar surface area (TPSA) is 61.2 Å². The molecule has 1 heterocycles. The fourth-order valence-corrected chi connectivity index (χ4v) is 2.71. The Morgan fingerprint density at radius 2 is 1.70 bits per heavy atom. The van der Waals surface area contributed by atoms with Crippen molar-refractivity contribution in [3.63, 3.8) is 0 Å². The second-order valence-corrected chi connectivity index (χ2v) is 5.87. The number of ketones is 1. The van der Waals surface area contributed by atoms with E-state index in [0.29, 0.717) is 5.56 Å². The van der Waals surface area contributed by atoms with Crippen molar-refractivity contribution in [2.75, 3.05) is 0 Å². The molecule has 0 saturated heterocycles. The molecule has 3 aromatic rings. The van der Waals surface area contributed by atoms with Gasteiger partial charge in [0.1, 0.15) is 6.54 Å². The second kappa shape index (κ2) is 7.22. The number of para-hydroxylation sites is 2. The molecule has 0 aliphatic heterocycles. The van der Waals surface area contributed by atoms with Crippen LogP contribution in [0.1, 0.15) is 23.1 Å². The highest BCUT2D eigenvalue weighted by Gasteiger charge is 2.38. The van der Waals surface area contributed by atoms with E-state index in [2.05, 4.69) is 4.98 Å². The van der Waals surface area contributed by atoms with E-state index in [-0.39, 0.29) is 11.0 Å². The summed E-state index contributed by atoms with van der Waals surface area (Å²) >= 11 is 0. The molecule has 0 aliphatic carbocycles. The number of esters is 1. The first-order chi connectivity index (χ1) is 12.8. The van der Waals surface area contributed by atoms with Gasteiger partial charge in [-0.3, -0.25) is 9.59 Å². The lowest BCUT2D eigenvalue weighted by molar-refractivity contribution is -0.152. The summed E-state index contributed by atoms with van der Waals surface area (Å²) in [4.78, 5) is 28.0. The van der Waals surface area contributed by atoms with Gasteiger partial charge in [0, 0.05) is 5.56 Å². The summed E-state index contributed by atoms with van der Waals surface area (Å²) in [5.74, 6) is -2.58. The lowest BCUT2D eigenvalue weighted by Crippen LogP contribution is -2.27. The Kier molecular flexibility index (Phi) is 4.98. The molecule has 0 radical (unpaired) electrons. The highest BCUT2D eigenvalue weighted by Crippen LogP contribution is 2.31. The molecule has 2 aromatic carbocycles. The Morgan fingerprint density at radius 1 is 1.07 bits per heavy atom. The number of halogens is 3. The number of nitrogens with zero attached hydrogens (tertiary/aromatic N) is 2. The van der Waals surface area contributed by atoms with Gasteiger partial charge in [0.25, 0.3) is 0 Å². The maximum absolute atomic E-state index is 13.3. The van der Waals surface area contributed by atoms with Crippen molar-refractivity contribution >= 4 is 22.8 Å². The van der Waals surface area contributed by atoms with Gasteiger partial charge in [-0.2, -0.15) is 13.2 Å². The molecule has 5 nitrogen and oxygen atoms in total. The summed E-state index contributed by atoms with van der Waals surface area (Å²) in [6.07, 6.45) is -5.85. The molecule has 0 bridgehead atoms. The normalized spacial score (nSPS) is 12.7. The van der Waals surface area contributed by atoms with Gasteiger partial charge in [-0.15, -0.1) is 0 Å². The van der Waals surface area contributed by atoms with Crippen molar-refractivity contribution in [1.82, 2.24) is 9.55 Å². The number of alkyl halides is 3. The summed E-state index contributed by atoms with van der Waals surface area (Å²) < 4.78 is 45.6. The molecule has 0 aliphatic rings. The Balaban J connectivity index is 1.81. The van der Waals surface area contributed by atoms with Crippen LogP contribution >= 0.6 is 0 Å². The molecule has 1 aromatic heterocycles. The van der Waals surface area contributed by atoms with E-state index in [1.807, 2.05) is 0 Å². The first-order valence-electron chi connectivity index (χ1n) is 8.08. The Bertz CT molecular complexity index is 981. The van der Waals surface area contributed by atoms with Crippen LogP contribution in [-0.2, 0) is 22.3 Å². The molecule has 8 heteroatoms. The minimum absolute atomic E-state index is 0.117. The lowest BCUT2D eigenvalue weighted by Gasteiger charge is -2.14.